The lowest BCUT2D eigenvalue weighted by molar-refractivity contribution is -0.385. The number of carbonyl (C=O) groups excluding carboxylic acids is 1. The summed E-state index contributed by atoms with van der Waals surface area (Å²) in [6.07, 6.45) is 1.66. The highest BCUT2D eigenvalue weighted by atomic mass is 32.2. The Kier molecular flexibility index (Phi) is 5.48. The smallest absolute Gasteiger partial charge is 0.273 e. The quantitative estimate of drug-likeness (QED) is 0.299. The first kappa shape index (κ1) is 20.6. The maximum atomic E-state index is 12.6. The summed E-state index contributed by atoms with van der Waals surface area (Å²) in [6, 6.07) is 16.2. The molecule has 1 aliphatic rings. The molecule has 8 heteroatoms. The molecular formula is C23H19N3O4S. The van der Waals surface area contributed by atoms with Gasteiger partial charge in [0.2, 0.25) is 0 Å². The zero-order valence-corrected chi connectivity index (χ0v) is 18.0. The van der Waals surface area contributed by atoms with Crippen LogP contribution in [-0.4, -0.2) is 27.9 Å². The van der Waals surface area contributed by atoms with Crippen molar-refractivity contribution in [2.75, 3.05) is 7.05 Å². The number of nitro benzene ring substituents is 1. The predicted molar refractivity (Wildman–Crippen MR) is 122 cm³/mol. The number of amidine groups is 1. The summed E-state index contributed by atoms with van der Waals surface area (Å²) in [7, 11) is 1.68. The van der Waals surface area contributed by atoms with Crippen LogP contribution in [0.15, 0.2) is 68.9 Å². The van der Waals surface area contributed by atoms with Crippen molar-refractivity contribution >= 4 is 40.3 Å². The summed E-state index contributed by atoms with van der Waals surface area (Å²) in [5.41, 5.74) is 3.13. The number of aliphatic imine (C=N–C) groups is 1. The number of thioether (sulfide) groups is 1. The minimum Gasteiger partial charge on any atom is -0.457 e. The van der Waals surface area contributed by atoms with Gasteiger partial charge in [0, 0.05) is 30.3 Å². The average molecular weight is 433 g/mol. The highest BCUT2D eigenvalue weighted by Crippen LogP contribution is 2.34. The molecule has 1 saturated heterocycles. The first-order valence-electron chi connectivity index (χ1n) is 9.50. The summed E-state index contributed by atoms with van der Waals surface area (Å²) >= 11 is 1.27. The summed E-state index contributed by atoms with van der Waals surface area (Å²) in [5.74, 6) is 0.811. The number of carbonyl (C=O) groups is 1. The molecule has 4 rings (SSSR count). The van der Waals surface area contributed by atoms with E-state index < -0.39 is 4.92 Å². The van der Waals surface area contributed by atoms with E-state index in [1.165, 1.54) is 22.7 Å². The monoisotopic (exact) mass is 433 g/mol. The molecule has 1 amide bonds. The molecule has 2 heterocycles. The largest absolute Gasteiger partial charge is 0.457 e. The topological polar surface area (TPSA) is 89.0 Å². The highest BCUT2D eigenvalue weighted by Gasteiger charge is 2.30. The third-order valence-corrected chi connectivity index (χ3v) is 5.91. The van der Waals surface area contributed by atoms with Gasteiger partial charge in [0.15, 0.2) is 5.17 Å². The molecular weight excluding hydrogens is 414 g/mol. The van der Waals surface area contributed by atoms with Gasteiger partial charge in [-0.05, 0) is 49.9 Å². The van der Waals surface area contributed by atoms with Gasteiger partial charge >= 0.3 is 0 Å². The molecule has 31 heavy (non-hydrogen) atoms. The molecule has 1 fully saturated rings. The summed E-state index contributed by atoms with van der Waals surface area (Å²) in [4.78, 5) is 30.0. The average Bonchev–Trinajstić information content (AvgIpc) is 3.31. The Morgan fingerprint density at radius 1 is 1.10 bits per heavy atom. The van der Waals surface area contributed by atoms with Crippen LogP contribution in [0.3, 0.4) is 0 Å². The van der Waals surface area contributed by atoms with Crippen molar-refractivity contribution in [2.45, 2.75) is 13.8 Å². The van der Waals surface area contributed by atoms with Gasteiger partial charge in [-0.1, -0.05) is 29.8 Å². The highest BCUT2D eigenvalue weighted by molar-refractivity contribution is 8.18. The number of hydrogen-bond acceptors (Lipinski definition) is 6. The van der Waals surface area contributed by atoms with Gasteiger partial charge in [-0.2, -0.15) is 0 Å². The second kappa shape index (κ2) is 8.23. The van der Waals surface area contributed by atoms with Crippen LogP contribution in [0.25, 0.3) is 17.4 Å². The Morgan fingerprint density at radius 3 is 2.55 bits per heavy atom. The number of hydrogen-bond donors (Lipinski definition) is 0. The van der Waals surface area contributed by atoms with Gasteiger partial charge < -0.3 is 4.42 Å². The Labute approximate surface area is 183 Å². The van der Waals surface area contributed by atoms with Gasteiger partial charge in [0.1, 0.15) is 11.5 Å². The van der Waals surface area contributed by atoms with E-state index >= 15 is 0 Å². The standard InChI is InChI=1S/C23H19N3O4S/c1-14-4-8-17(9-5-14)24-23-25(3)22(27)21(31-23)13-18-10-11-20(30-18)16-7-6-15(2)19(12-16)26(28)29/h4-13H,1-3H3/b21-13+,24-23?. The molecule has 1 aromatic heterocycles. The van der Waals surface area contributed by atoms with Crippen molar-refractivity contribution in [3.8, 4) is 11.3 Å². The van der Waals surface area contributed by atoms with E-state index in [4.69, 9.17) is 4.42 Å². The molecule has 7 nitrogen and oxygen atoms in total. The van der Waals surface area contributed by atoms with E-state index in [1.54, 1.807) is 44.3 Å². The third-order valence-electron chi connectivity index (χ3n) is 4.85. The fraction of sp³-hybridized carbons (Fsp3) is 0.130. The molecule has 0 N–H and O–H groups in total. The summed E-state index contributed by atoms with van der Waals surface area (Å²) in [5, 5.41) is 11.8. The summed E-state index contributed by atoms with van der Waals surface area (Å²) in [6.45, 7) is 3.69. The third kappa shape index (κ3) is 4.29. The Balaban J connectivity index is 1.59. The van der Waals surface area contributed by atoms with Crippen LogP contribution in [0.1, 0.15) is 16.9 Å². The van der Waals surface area contributed by atoms with Crippen molar-refractivity contribution < 1.29 is 14.1 Å². The minimum atomic E-state index is -0.413. The van der Waals surface area contributed by atoms with Gasteiger partial charge in [-0.25, -0.2) is 4.99 Å². The van der Waals surface area contributed by atoms with Crippen molar-refractivity contribution in [1.29, 1.82) is 0 Å². The molecule has 0 spiro atoms. The second-order valence-electron chi connectivity index (χ2n) is 7.17. The van der Waals surface area contributed by atoms with Crippen molar-refractivity contribution in [2.24, 2.45) is 4.99 Å². The first-order valence-corrected chi connectivity index (χ1v) is 10.3. The second-order valence-corrected chi connectivity index (χ2v) is 8.17. The van der Waals surface area contributed by atoms with Crippen molar-refractivity contribution in [3.05, 3.63) is 86.5 Å². The van der Waals surface area contributed by atoms with E-state index in [9.17, 15) is 14.9 Å². The molecule has 0 bridgehead atoms. The van der Waals surface area contributed by atoms with Gasteiger partial charge in [-0.3, -0.25) is 19.8 Å². The Hall–Kier alpha value is -3.65. The summed E-state index contributed by atoms with van der Waals surface area (Å²) < 4.78 is 5.83. The molecule has 0 aliphatic carbocycles. The number of nitro groups is 1. The van der Waals surface area contributed by atoms with Gasteiger partial charge in [0.05, 0.1) is 15.5 Å². The van der Waals surface area contributed by atoms with Gasteiger partial charge in [-0.15, -0.1) is 0 Å². The number of amides is 1. The molecule has 0 saturated carbocycles. The molecule has 156 valence electrons. The maximum Gasteiger partial charge on any atom is 0.273 e. The first-order chi connectivity index (χ1) is 14.8. The fourth-order valence-electron chi connectivity index (χ4n) is 3.06. The zero-order valence-electron chi connectivity index (χ0n) is 17.2. The van der Waals surface area contributed by atoms with Crippen LogP contribution in [0.5, 0.6) is 0 Å². The van der Waals surface area contributed by atoms with Crippen LogP contribution in [-0.2, 0) is 4.79 Å². The van der Waals surface area contributed by atoms with Crippen LogP contribution in [0.4, 0.5) is 11.4 Å². The lowest BCUT2D eigenvalue weighted by atomic mass is 10.1. The maximum absolute atomic E-state index is 12.6. The number of benzene rings is 2. The minimum absolute atomic E-state index is 0.0360. The number of furan rings is 1. The molecule has 2 aromatic carbocycles. The normalized spacial score (nSPS) is 16.5. The molecule has 0 radical (unpaired) electrons. The number of likely N-dealkylation sites (N-methyl/N-ethyl adjacent to an activating group) is 1. The molecule has 0 unspecified atom stereocenters. The van der Waals surface area contributed by atoms with Crippen molar-refractivity contribution in [3.63, 3.8) is 0 Å². The number of rotatable bonds is 4. The van der Waals surface area contributed by atoms with Crippen LogP contribution in [0.2, 0.25) is 0 Å². The van der Waals surface area contributed by atoms with Crippen LogP contribution in [0, 0.1) is 24.0 Å². The molecule has 1 aliphatic heterocycles. The van der Waals surface area contributed by atoms with Crippen LogP contribution >= 0.6 is 11.8 Å². The number of nitrogens with zero attached hydrogens (tertiary/aromatic N) is 3. The van der Waals surface area contributed by atoms with E-state index in [0.29, 0.717) is 32.7 Å². The van der Waals surface area contributed by atoms with Crippen molar-refractivity contribution in [1.82, 2.24) is 4.90 Å². The Bertz CT molecular complexity index is 1240. The van der Waals surface area contributed by atoms with E-state index in [2.05, 4.69) is 4.99 Å². The van der Waals surface area contributed by atoms with Gasteiger partial charge in [0.25, 0.3) is 11.6 Å². The molecule has 0 atom stereocenters. The van der Waals surface area contributed by atoms with Crippen LogP contribution < -0.4 is 0 Å². The Morgan fingerprint density at radius 2 is 1.84 bits per heavy atom. The molecule has 3 aromatic rings. The lowest BCUT2D eigenvalue weighted by Crippen LogP contribution is -2.23. The lowest BCUT2D eigenvalue weighted by Gasteiger charge is -2.07. The van der Waals surface area contributed by atoms with E-state index in [-0.39, 0.29) is 11.6 Å². The van der Waals surface area contributed by atoms with E-state index in [1.807, 2.05) is 31.2 Å². The predicted octanol–water partition coefficient (Wildman–Crippen LogP) is 5.71. The SMILES string of the molecule is Cc1ccc(N=C2S/C(=C/c3ccc(-c4ccc(C)c([N+](=O)[O-])c4)o3)C(=O)N2C)cc1. The zero-order chi connectivity index (χ0) is 22.1. The fourth-order valence-corrected chi connectivity index (χ4v) is 4.02. The van der Waals surface area contributed by atoms with E-state index in [0.717, 1.165) is 11.3 Å². The number of aryl methyl sites for hydroxylation is 2.